The zero-order valence-corrected chi connectivity index (χ0v) is 15.6. The molecule has 152 valence electrons. The van der Waals surface area contributed by atoms with E-state index in [1.807, 2.05) is 30.3 Å². The summed E-state index contributed by atoms with van der Waals surface area (Å²) in [6.07, 6.45) is -3.00. The van der Waals surface area contributed by atoms with Gasteiger partial charge in [-0.05, 0) is 29.8 Å². The molecule has 2 aromatic carbocycles. The fraction of sp³-hybridized carbons (Fsp3) is 0.250. The topological polar surface area (TPSA) is 60.2 Å². The van der Waals surface area contributed by atoms with E-state index in [4.69, 9.17) is 4.74 Å². The van der Waals surface area contributed by atoms with Gasteiger partial charge in [-0.1, -0.05) is 35.5 Å². The summed E-state index contributed by atoms with van der Waals surface area (Å²) in [6, 6.07) is 14.2. The molecule has 0 saturated heterocycles. The SMILES string of the molecule is CN(CCOc1ccccc1)C(=O)c1cn(Cc2cccc(C(F)(F)F)c2)nn1. The average Bonchev–Trinajstić information content (AvgIpc) is 3.16. The number of ether oxygens (including phenoxy) is 1. The Morgan fingerprint density at radius 2 is 1.90 bits per heavy atom. The third kappa shape index (κ3) is 5.56. The van der Waals surface area contributed by atoms with Gasteiger partial charge < -0.3 is 9.64 Å². The predicted octanol–water partition coefficient (Wildman–Crippen LogP) is 3.50. The van der Waals surface area contributed by atoms with Crippen molar-refractivity contribution in [2.24, 2.45) is 0 Å². The van der Waals surface area contributed by atoms with Crippen LogP contribution in [0.3, 0.4) is 0 Å². The second-order valence-corrected chi connectivity index (χ2v) is 6.39. The lowest BCUT2D eigenvalue weighted by molar-refractivity contribution is -0.137. The predicted molar refractivity (Wildman–Crippen MR) is 99.5 cm³/mol. The van der Waals surface area contributed by atoms with Crippen molar-refractivity contribution in [3.63, 3.8) is 0 Å². The van der Waals surface area contributed by atoms with Crippen molar-refractivity contribution in [2.45, 2.75) is 12.7 Å². The minimum atomic E-state index is -4.41. The maximum Gasteiger partial charge on any atom is 0.416 e. The molecule has 0 aliphatic carbocycles. The first kappa shape index (κ1) is 20.4. The number of alkyl halides is 3. The number of hydrogen-bond acceptors (Lipinski definition) is 4. The molecular formula is C20H19F3N4O2. The molecule has 0 bridgehead atoms. The molecule has 1 heterocycles. The highest BCUT2D eigenvalue weighted by Crippen LogP contribution is 2.29. The van der Waals surface area contributed by atoms with Gasteiger partial charge >= 0.3 is 6.18 Å². The van der Waals surface area contributed by atoms with E-state index in [1.54, 1.807) is 13.1 Å². The molecule has 0 N–H and O–H groups in total. The van der Waals surface area contributed by atoms with Crippen molar-refractivity contribution in [1.29, 1.82) is 0 Å². The number of rotatable bonds is 7. The van der Waals surface area contributed by atoms with Crippen molar-refractivity contribution >= 4 is 5.91 Å². The van der Waals surface area contributed by atoms with Gasteiger partial charge in [-0.2, -0.15) is 13.2 Å². The summed E-state index contributed by atoms with van der Waals surface area (Å²) in [5, 5.41) is 7.67. The molecule has 3 aromatic rings. The molecule has 0 radical (unpaired) electrons. The minimum Gasteiger partial charge on any atom is -0.492 e. The molecule has 0 saturated carbocycles. The highest BCUT2D eigenvalue weighted by Gasteiger charge is 2.30. The van der Waals surface area contributed by atoms with Gasteiger partial charge in [-0.15, -0.1) is 5.10 Å². The average molecular weight is 404 g/mol. The number of nitrogens with zero attached hydrogens (tertiary/aromatic N) is 4. The maximum absolute atomic E-state index is 12.8. The first-order chi connectivity index (χ1) is 13.8. The third-order valence-electron chi connectivity index (χ3n) is 4.14. The fourth-order valence-corrected chi connectivity index (χ4v) is 2.62. The number of carbonyl (C=O) groups is 1. The highest BCUT2D eigenvalue weighted by atomic mass is 19.4. The molecule has 0 aliphatic rings. The molecule has 9 heteroatoms. The van der Waals surface area contributed by atoms with E-state index in [-0.39, 0.29) is 18.1 Å². The van der Waals surface area contributed by atoms with Crippen LogP contribution in [0.4, 0.5) is 13.2 Å². The molecule has 1 aromatic heterocycles. The van der Waals surface area contributed by atoms with Crippen LogP contribution in [-0.2, 0) is 12.7 Å². The summed E-state index contributed by atoms with van der Waals surface area (Å²) >= 11 is 0. The fourth-order valence-electron chi connectivity index (χ4n) is 2.62. The monoisotopic (exact) mass is 404 g/mol. The lowest BCUT2D eigenvalue weighted by Crippen LogP contribution is -2.31. The third-order valence-corrected chi connectivity index (χ3v) is 4.14. The quantitative estimate of drug-likeness (QED) is 0.605. The minimum absolute atomic E-state index is 0.0744. The first-order valence-corrected chi connectivity index (χ1v) is 8.82. The Hall–Kier alpha value is -3.36. The van der Waals surface area contributed by atoms with Crippen molar-refractivity contribution in [2.75, 3.05) is 20.2 Å². The molecule has 0 aliphatic heterocycles. The lowest BCUT2D eigenvalue weighted by Gasteiger charge is -2.16. The molecule has 29 heavy (non-hydrogen) atoms. The van der Waals surface area contributed by atoms with Crippen molar-refractivity contribution in [1.82, 2.24) is 19.9 Å². The molecule has 1 amide bonds. The zero-order chi connectivity index (χ0) is 20.9. The zero-order valence-electron chi connectivity index (χ0n) is 15.6. The molecule has 0 atom stereocenters. The summed E-state index contributed by atoms with van der Waals surface area (Å²) in [4.78, 5) is 13.9. The van der Waals surface area contributed by atoms with Gasteiger partial charge in [-0.3, -0.25) is 4.79 Å². The largest absolute Gasteiger partial charge is 0.492 e. The van der Waals surface area contributed by atoms with E-state index in [0.717, 1.165) is 12.1 Å². The Morgan fingerprint density at radius 3 is 2.62 bits per heavy atom. The highest BCUT2D eigenvalue weighted by molar-refractivity contribution is 5.91. The van der Waals surface area contributed by atoms with E-state index in [2.05, 4.69) is 10.3 Å². The number of hydrogen-bond donors (Lipinski definition) is 0. The Kier molecular flexibility index (Phi) is 6.16. The van der Waals surface area contributed by atoms with Crippen LogP contribution in [-0.4, -0.2) is 46.0 Å². The lowest BCUT2D eigenvalue weighted by atomic mass is 10.1. The van der Waals surface area contributed by atoms with Crippen LogP contribution < -0.4 is 4.74 Å². The van der Waals surface area contributed by atoms with Crippen LogP contribution in [0.1, 0.15) is 21.6 Å². The van der Waals surface area contributed by atoms with Gasteiger partial charge in [0.25, 0.3) is 5.91 Å². The molecule has 0 spiro atoms. The van der Waals surface area contributed by atoms with Crippen molar-refractivity contribution in [3.05, 3.63) is 77.6 Å². The summed E-state index contributed by atoms with van der Waals surface area (Å²) < 4.78 is 45.4. The molecule has 3 rings (SSSR count). The van der Waals surface area contributed by atoms with Crippen LogP contribution in [0.25, 0.3) is 0 Å². The Morgan fingerprint density at radius 1 is 1.14 bits per heavy atom. The van der Waals surface area contributed by atoms with Gasteiger partial charge in [0.1, 0.15) is 12.4 Å². The second kappa shape index (κ2) is 8.76. The van der Waals surface area contributed by atoms with E-state index in [9.17, 15) is 18.0 Å². The normalized spacial score (nSPS) is 11.3. The molecule has 0 unspecified atom stereocenters. The van der Waals surface area contributed by atoms with Gasteiger partial charge in [-0.25, -0.2) is 4.68 Å². The van der Waals surface area contributed by atoms with E-state index in [1.165, 1.54) is 21.8 Å². The Labute approximate surface area is 165 Å². The van der Waals surface area contributed by atoms with Crippen LogP contribution in [0.5, 0.6) is 5.75 Å². The van der Waals surface area contributed by atoms with E-state index < -0.39 is 11.7 Å². The van der Waals surface area contributed by atoms with E-state index >= 15 is 0 Å². The van der Waals surface area contributed by atoms with Gasteiger partial charge in [0, 0.05) is 7.05 Å². The van der Waals surface area contributed by atoms with Crippen LogP contribution in [0.15, 0.2) is 60.8 Å². The van der Waals surface area contributed by atoms with Crippen molar-refractivity contribution in [3.8, 4) is 5.75 Å². The van der Waals surface area contributed by atoms with Gasteiger partial charge in [0.05, 0.1) is 24.8 Å². The number of halogens is 3. The number of amides is 1. The summed E-state index contributed by atoms with van der Waals surface area (Å²) in [5.74, 6) is 0.359. The smallest absolute Gasteiger partial charge is 0.416 e. The molecular weight excluding hydrogens is 385 g/mol. The molecule has 0 fully saturated rings. The summed E-state index contributed by atoms with van der Waals surface area (Å²) in [5.41, 5.74) is -0.211. The van der Waals surface area contributed by atoms with Crippen molar-refractivity contribution < 1.29 is 22.7 Å². The number of carbonyl (C=O) groups excluding carboxylic acids is 1. The molecule has 6 nitrogen and oxygen atoms in total. The van der Waals surface area contributed by atoms with Gasteiger partial charge in [0.15, 0.2) is 5.69 Å². The Bertz CT molecular complexity index is 958. The number of benzene rings is 2. The maximum atomic E-state index is 12.8. The Balaban J connectivity index is 1.57. The standard InChI is InChI=1S/C20H19F3N4O2/c1-26(10-11-29-17-8-3-2-4-9-17)19(28)18-14-27(25-24-18)13-15-6-5-7-16(12-15)20(21,22)23/h2-9,12,14H,10-11,13H2,1H3. The second-order valence-electron chi connectivity index (χ2n) is 6.39. The number of para-hydroxylation sites is 1. The number of aromatic nitrogens is 3. The van der Waals surface area contributed by atoms with Gasteiger partial charge in [0.2, 0.25) is 0 Å². The van der Waals surface area contributed by atoms with Crippen LogP contribution >= 0.6 is 0 Å². The number of likely N-dealkylation sites (N-methyl/N-ethyl adjacent to an activating group) is 1. The van der Waals surface area contributed by atoms with Crippen LogP contribution in [0.2, 0.25) is 0 Å². The van der Waals surface area contributed by atoms with E-state index in [0.29, 0.717) is 24.5 Å². The summed E-state index contributed by atoms with van der Waals surface area (Å²) in [6.45, 7) is 0.726. The summed E-state index contributed by atoms with van der Waals surface area (Å²) in [7, 11) is 1.61. The first-order valence-electron chi connectivity index (χ1n) is 8.82. The van der Waals surface area contributed by atoms with Crippen LogP contribution in [0, 0.1) is 0 Å².